The number of thioether (sulfide) groups is 1. The Kier molecular flexibility index (Phi) is 7.64. The zero-order valence-corrected chi connectivity index (χ0v) is 11.8. The summed E-state index contributed by atoms with van der Waals surface area (Å²) in [4.78, 5) is 1.11. The van der Waals surface area contributed by atoms with Crippen LogP contribution in [0.4, 0.5) is 5.69 Å². The third-order valence-corrected chi connectivity index (χ3v) is 3.45. The van der Waals surface area contributed by atoms with Gasteiger partial charge in [0.05, 0.1) is 20.3 Å². The van der Waals surface area contributed by atoms with Gasteiger partial charge in [-0.2, -0.15) is 0 Å². The summed E-state index contributed by atoms with van der Waals surface area (Å²) in [5.74, 6) is 1.83. The second-order valence-corrected chi connectivity index (χ2v) is 4.85. The molecule has 0 saturated heterocycles. The van der Waals surface area contributed by atoms with Gasteiger partial charge in [0.1, 0.15) is 5.75 Å². The van der Waals surface area contributed by atoms with Crippen LogP contribution < -0.4 is 10.5 Å². The Hall–Kier alpha value is -0.910. The van der Waals surface area contributed by atoms with Crippen molar-refractivity contribution in [1.82, 2.24) is 0 Å². The van der Waals surface area contributed by atoms with E-state index in [0.717, 1.165) is 35.1 Å². The summed E-state index contributed by atoms with van der Waals surface area (Å²) >= 11 is 1.75. The highest BCUT2D eigenvalue weighted by Gasteiger charge is 2.03. The molecule has 0 bridgehead atoms. The molecule has 102 valence electrons. The Morgan fingerprint density at radius 2 is 2.00 bits per heavy atom. The van der Waals surface area contributed by atoms with E-state index >= 15 is 0 Å². The van der Waals surface area contributed by atoms with Crippen LogP contribution in [0.1, 0.15) is 6.42 Å². The van der Waals surface area contributed by atoms with E-state index in [9.17, 15) is 0 Å². The van der Waals surface area contributed by atoms with Crippen LogP contribution >= 0.6 is 11.8 Å². The van der Waals surface area contributed by atoms with Crippen LogP contribution in [-0.2, 0) is 9.47 Å². The van der Waals surface area contributed by atoms with Crippen LogP contribution in [0.5, 0.6) is 5.75 Å². The lowest BCUT2D eigenvalue weighted by atomic mass is 10.3. The van der Waals surface area contributed by atoms with E-state index in [1.807, 2.05) is 18.2 Å². The Labute approximate surface area is 113 Å². The number of nitrogens with two attached hydrogens (primary N) is 1. The normalized spacial score (nSPS) is 10.6. The molecule has 0 saturated carbocycles. The molecule has 0 radical (unpaired) electrons. The number of anilines is 1. The van der Waals surface area contributed by atoms with Crippen molar-refractivity contribution in [1.29, 1.82) is 0 Å². The number of hydrogen-bond donors (Lipinski definition) is 1. The highest BCUT2D eigenvalue weighted by atomic mass is 32.2. The van der Waals surface area contributed by atoms with E-state index in [-0.39, 0.29) is 0 Å². The maximum absolute atomic E-state index is 5.70. The third kappa shape index (κ3) is 5.62. The van der Waals surface area contributed by atoms with E-state index in [2.05, 4.69) is 0 Å². The van der Waals surface area contributed by atoms with E-state index in [4.69, 9.17) is 19.9 Å². The van der Waals surface area contributed by atoms with Crippen molar-refractivity contribution in [2.24, 2.45) is 0 Å². The van der Waals surface area contributed by atoms with Crippen LogP contribution in [-0.4, -0.2) is 39.8 Å². The number of nitrogen functional groups attached to an aromatic ring is 1. The van der Waals surface area contributed by atoms with Crippen molar-refractivity contribution < 1.29 is 14.2 Å². The zero-order chi connectivity index (χ0) is 13.2. The van der Waals surface area contributed by atoms with E-state index in [1.165, 1.54) is 0 Å². The molecule has 0 aliphatic rings. The lowest BCUT2D eigenvalue weighted by molar-refractivity contribution is 0.0713. The van der Waals surface area contributed by atoms with Crippen molar-refractivity contribution in [3.05, 3.63) is 18.2 Å². The van der Waals surface area contributed by atoms with Gasteiger partial charge in [0, 0.05) is 36.1 Å². The SMILES string of the molecule is COCCOCCCSc1ccc(N)cc1OC. The van der Waals surface area contributed by atoms with E-state index < -0.39 is 0 Å². The number of ether oxygens (including phenoxy) is 3. The summed E-state index contributed by atoms with van der Waals surface area (Å²) in [6.07, 6.45) is 1.00. The molecule has 5 heteroatoms. The number of rotatable bonds is 9. The second-order valence-electron chi connectivity index (χ2n) is 3.72. The van der Waals surface area contributed by atoms with Crippen molar-refractivity contribution in [2.75, 3.05) is 45.5 Å². The third-order valence-electron chi connectivity index (χ3n) is 2.31. The molecule has 1 aromatic rings. The van der Waals surface area contributed by atoms with Crippen LogP contribution in [0, 0.1) is 0 Å². The van der Waals surface area contributed by atoms with Gasteiger partial charge in [-0.15, -0.1) is 11.8 Å². The first kappa shape index (κ1) is 15.1. The Balaban J connectivity index is 2.22. The zero-order valence-electron chi connectivity index (χ0n) is 11.0. The van der Waals surface area contributed by atoms with Gasteiger partial charge < -0.3 is 19.9 Å². The first-order valence-electron chi connectivity index (χ1n) is 5.91. The molecule has 18 heavy (non-hydrogen) atoms. The van der Waals surface area contributed by atoms with Gasteiger partial charge in [0.15, 0.2) is 0 Å². The first-order valence-corrected chi connectivity index (χ1v) is 6.89. The summed E-state index contributed by atoms with van der Waals surface area (Å²) in [6, 6.07) is 5.72. The molecule has 0 spiro atoms. The molecular weight excluding hydrogens is 250 g/mol. The maximum Gasteiger partial charge on any atom is 0.134 e. The minimum Gasteiger partial charge on any atom is -0.496 e. The quantitative estimate of drug-likeness (QED) is 0.425. The Morgan fingerprint density at radius 1 is 1.17 bits per heavy atom. The molecule has 2 N–H and O–H groups in total. The fourth-order valence-electron chi connectivity index (χ4n) is 1.39. The summed E-state index contributed by atoms with van der Waals surface area (Å²) in [5.41, 5.74) is 6.43. The number of hydrogen-bond acceptors (Lipinski definition) is 5. The van der Waals surface area contributed by atoms with Gasteiger partial charge >= 0.3 is 0 Å². The largest absolute Gasteiger partial charge is 0.496 e. The highest BCUT2D eigenvalue weighted by Crippen LogP contribution is 2.31. The summed E-state index contributed by atoms with van der Waals surface area (Å²) < 4.78 is 15.6. The molecule has 0 amide bonds. The fourth-order valence-corrected chi connectivity index (χ4v) is 2.32. The molecule has 1 aromatic carbocycles. The number of benzene rings is 1. The smallest absolute Gasteiger partial charge is 0.134 e. The topological polar surface area (TPSA) is 53.7 Å². The molecular formula is C13H21NO3S. The van der Waals surface area contributed by atoms with Gasteiger partial charge in [0.2, 0.25) is 0 Å². The van der Waals surface area contributed by atoms with Gasteiger partial charge in [0.25, 0.3) is 0 Å². The van der Waals surface area contributed by atoms with Gasteiger partial charge in [-0.1, -0.05) is 0 Å². The average Bonchev–Trinajstić information content (AvgIpc) is 2.39. The molecule has 1 rings (SSSR count). The van der Waals surface area contributed by atoms with Crippen molar-refractivity contribution >= 4 is 17.4 Å². The predicted molar refractivity (Wildman–Crippen MR) is 75.4 cm³/mol. The van der Waals surface area contributed by atoms with Gasteiger partial charge in [-0.05, 0) is 18.6 Å². The molecule has 0 aromatic heterocycles. The van der Waals surface area contributed by atoms with Crippen molar-refractivity contribution in [3.63, 3.8) is 0 Å². The molecule has 0 aliphatic heterocycles. The summed E-state index contributed by atoms with van der Waals surface area (Å²) in [5, 5.41) is 0. The molecule has 4 nitrogen and oxygen atoms in total. The predicted octanol–water partition coefficient (Wildman–Crippen LogP) is 2.42. The van der Waals surface area contributed by atoms with Gasteiger partial charge in [-0.3, -0.25) is 0 Å². The summed E-state index contributed by atoms with van der Waals surface area (Å²) in [6.45, 7) is 2.07. The van der Waals surface area contributed by atoms with Crippen LogP contribution in [0.2, 0.25) is 0 Å². The van der Waals surface area contributed by atoms with Crippen molar-refractivity contribution in [2.45, 2.75) is 11.3 Å². The highest BCUT2D eigenvalue weighted by molar-refractivity contribution is 7.99. The van der Waals surface area contributed by atoms with Gasteiger partial charge in [-0.25, -0.2) is 0 Å². The first-order chi connectivity index (χ1) is 8.77. The van der Waals surface area contributed by atoms with E-state index in [1.54, 1.807) is 26.0 Å². The Morgan fingerprint density at radius 3 is 2.72 bits per heavy atom. The number of methoxy groups -OCH3 is 2. The van der Waals surface area contributed by atoms with E-state index in [0.29, 0.717) is 13.2 Å². The standard InChI is InChI=1S/C13H21NO3S/c1-15-7-8-17-6-3-9-18-13-5-4-11(14)10-12(13)16-2/h4-5,10H,3,6-9,14H2,1-2H3. The minimum absolute atomic E-state index is 0.652. The minimum atomic E-state index is 0.652. The molecule has 0 atom stereocenters. The fraction of sp³-hybridized carbons (Fsp3) is 0.538. The lowest BCUT2D eigenvalue weighted by Gasteiger charge is -2.09. The molecule has 0 fully saturated rings. The second kappa shape index (κ2) is 9.08. The van der Waals surface area contributed by atoms with Crippen LogP contribution in [0.15, 0.2) is 23.1 Å². The van der Waals surface area contributed by atoms with Crippen LogP contribution in [0.3, 0.4) is 0 Å². The van der Waals surface area contributed by atoms with Crippen molar-refractivity contribution in [3.8, 4) is 5.75 Å². The molecule has 0 unspecified atom stereocenters. The molecule has 0 heterocycles. The van der Waals surface area contributed by atoms with Crippen LogP contribution in [0.25, 0.3) is 0 Å². The maximum atomic E-state index is 5.70. The summed E-state index contributed by atoms with van der Waals surface area (Å²) in [7, 11) is 3.33. The Bertz CT molecular complexity index is 347. The average molecular weight is 271 g/mol. The monoisotopic (exact) mass is 271 g/mol. The molecule has 0 aliphatic carbocycles. The lowest BCUT2D eigenvalue weighted by Crippen LogP contribution is -2.03.